The van der Waals surface area contributed by atoms with Gasteiger partial charge >= 0.3 is 0 Å². The summed E-state index contributed by atoms with van der Waals surface area (Å²) >= 11 is 0. The van der Waals surface area contributed by atoms with Crippen LogP contribution in [0, 0.1) is 0 Å². The fraction of sp³-hybridized carbons (Fsp3) is 0.643. The van der Waals surface area contributed by atoms with E-state index in [0.29, 0.717) is 25.3 Å². The van der Waals surface area contributed by atoms with Gasteiger partial charge in [-0.2, -0.15) is 5.10 Å². The highest BCUT2D eigenvalue weighted by Crippen LogP contribution is 2.08. The molecular weight excluding hydrogens is 270 g/mol. The third-order valence-corrected chi connectivity index (χ3v) is 3.66. The van der Waals surface area contributed by atoms with E-state index in [9.17, 15) is 9.59 Å². The molecule has 1 aromatic rings. The maximum absolute atomic E-state index is 12.4. The fourth-order valence-corrected chi connectivity index (χ4v) is 2.53. The Hall–Kier alpha value is -1.89. The molecule has 7 heteroatoms. The summed E-state index contributed by atoms with van der Waals surface area (Å²) in [5, 5.41) is 6.84. The van der Waals surface area contributed by atoms with Crippen LogP contribution >= 0.6 is 0 Å². The summed E-state index contributed by atoms with van der Waals surface area (Å²) in [5.74, 6) is 0.0544. The molecule has 7 nitrogen and oxygen atoms in total. The molecule has 0 spiro atoms. The van der Waals surface area contributed by atoms with E-state index in [1.54, 1.807) is 24.0 Å². The Labute approximate surface area is 124 Å². The average molecular weight is 293 g/mol. The number of likely N-dealkylation sites (N-methyl/N-ethyl adjacent to an activating group) is 1. The van der Waals surface area contributed by atoms with E-state index in [2.05, 4.69) is 15.3 Å². The molecule has 1 N–H and O–H groups in total. The average Bonchev–Trinajstić information content (AvgIpc) is 2.74. The number of nitrogens with zero attached hydrogens (tertiary/aromatic N) is 4. The van der Waals surface area contributed by atoms with Gasteiger partial charge < -0.3 is 10.2 Å². The molecule has 21 heavy (non-hydrogen) atoms. The van der Waals surface area contributed by atoms with Gasteiger partial charge in [0, 0.05) is 46.0 Å². The van der Waals surface area contributed by atoms with E-state index in [1.165, 1.54) is 0 Å². The smallest absolute Gasteiger partial charge is 0.272 e. The van der Waals surface area contributed by atoms with Gasteiger partial charge in [-0.3, -0.25) is 19.2 Å². The fourth-order valence-electron chi connectivity index (χ4n) is 2.53. The monoisotopic (exact) mass is 293 g/mol. The minimum Gasteiger partial charge on any atom is -0.355 e. The third-order valence-electron chi connectivity index (χ3n) is 3.66. The maximum atomic E-state index is 12.4. The summed E-state index contributed by atoms with van der Waals surface area (Å²) in [6.07, 6.45) is 2.51. The first-order valence-corrected chi connectivity index (χ1v) is 7.38. The van der Waals surface area contributed by atoms with Gasteiger partial charge in [0.15, 0.2) is 0 Å². The summed E-state index contributed by atoms with van der Waals surface area (Å²) in [6, 6.07) is 1.74. The third kappa shape index (κ3) is 4.04. The summed E-state index contributed by atoms with van der Waals surface area (Å²) in [7, 11) is 1.77. The number of nitrogens with one attached hydrogen (secondary N) is 1. The minimum absolute atomic E-state index is 0.00913. The molecule has 1 aliphatic heterocycles. The van der Waals surface area contributed by atoms with Gasteiger partial charge in [-0.05, 0) is 19.4 Å². The van der Waals surface area contributed by atoms with Gasteiger partial charge in [-0.15, -0.1) is 0 Å². The molecular formula is C14H23N5O2. The second kappa shape index (κ2) is 7.21. The lowest BCUT2D eigenvalue weighted by atomic mass is 10.3. The molecule has 1 aromatic heterocycles. The van der Waals surface area contributed by atoms with Crippen molar-refractivity contribution in [2.45, 2.75) is 13.3 Å². The first-order valence-electron chi connectivity index (χ1n) is 7.38. The molecule has 0 atom stereocenters. The van der Waals surface area contributed by atoms with Crippen molar-refractivity contribution < 1.29 is 9.59 Å². The van der Waals surface area contributed by atoms with Crippen molar-refractivity contribution in [2.24, 2.45) is 7.05 Å². The summed E-state index contributed by atoms with van der Waals surface area (Å²) in [4.78, 5) is 28.0. The lowest BCUT2D eigenvalue weighted by molar-refractivity contribution is -0.122. The van der Waals surface area contributed by atoms with Gasteiger partial charge in [-0.1, -0.05) is 0 Å². The van der Waals surface area contributed by atoms with Crippen LogP contribution in [0.3, 0.4) is 0 Å². The molecule has 2 amide bonds. The Balaban J connectivity index is 1.90. The Morgan fingerprint density at radius 1 is 1.29 bits per heavy atom. The summed E-state index contributed by atoms with van der Waals surface area (Å²) < 4.78 is 1.60. The van der Waals surface area contributed by atoms with Crippen molar-refractivity contribution in [1.29, 1.82) is 0 Å². The standard InChI is InChI=1S/C14H23N5O2/c1-3-15-13(20)11-18-7-4-8-19(10-9-18)14(21)12-5-6-16-17(12)2/h5-6H,3-4,7-11H2,1-2H3,(H,15,20). The van der Waals surface area contributed by atoms with E-state index < -0.39 is 0 Å². The summed E-state index contributed by atoms with van der Waals surface area (Å²) in [6.45, 7) is 5.89. The van der Waals surface area contributed by atoms with Crippen molar-refractivity contribution in [3.8, 4) is 0 Å². The molecule has 2 rings (SSSR count). The van der Waals surface area contributed by atoms with E-state index >= 15 is 0 Å². The second-order valence-electron chi connectivity index (χ2n) is 5.22. The molecule has 116 valence electrons. The van der Waals surface area contributed by atoms with Crippen LogP contribution in [0.25, 0.3) is 0 Å². The highest BCUT2D eigenvalue weighted by molar-refractivity contribution is 5.92. The zero-order valence-corrected chi connectivity index (χ0v) is 12.7. The predicted octanol–water partition coefficient (Wildman–Crippen LogP) is -0.296. The van der Waals surface area contributed by atoms with Crippen LogP contribution < -0.4 is 5.32 Å². The highest BCUT2D eigenvalue weighted by Gasteiger charge is 2.22. The van der Waals surface area contributed by atoms with Crippen molar-refractivity contribution in [3.63, 3.8) is 0 Å². The van der Waals surface area contributed by atoms with Crippen molar-refractivity contribution >= 4 is 11.8 Å². The molecule has 0 radical (unpaired) electrons. The van der Waals surface area contributed by atoms with Crippen LogP contribution in [0.4, 0.5) is 0 Å². The number of rotatable bonds is 4. The largest absolute Gasteiger partial charge is 0.355 e. The molecule has 0 bridgehead atoms. The second-order valence-corrected chi connectivity index (χ2v) is 5.22. The van der Waals surface area contributed by atoms with Crippen LogP contribution in [0.2, 0.25) is 0 Å². The first-order chi connectivity index (χ1) is 10.1. The molecule has 0 aromatic carbocycles. The number of carbonyl (C=O) groups excluding carboxylic acids is 2. The molecule has 1 saturated heterocycles. The Bertz CT molecular complexity index is 499. The van der Waals surface area contributed by atoms with Gasteiger partial charge in [0.05, 0.1) is 6.54 Å². The number of aryl methyl sites for hydroxylation is 1. The highest BCUT2D eigenvalue weighted by atomic mass is 16.2. The minimum atomic E-state index is 0.00913. The van der Waals surface area contributed by atoms with Crippen LogP contribution in [0.5, 0.6) is 0 Å². The Morgan fingerprint density at radius 3 is 2.76 bits per heavy atom. The molecule has 1 aliphatic rings. The lowest BCUT2D eigenvalue weighted by Crippen LogP contribution is -2.40. The van der Waals surface area contributed by atoms with E-state index in [4.69, 9.17) is 0 Å². The Morgan fingerprint density at radius 2 is 2.10 bits per heavy atom. The van der Waals surface area contributed by atoms with Gasteiger partial charge in [0.2, 0.25) is 5.91 Å². The van der Waals surface area contributed by atoms with Gasteiger partial charge in [0.25, 0.3) is 5.91 Å². The topological polar surface area (TPSA) is 70.5 Å². The van der Waals surface area contributed by atoms with Crippen molar-refractivity contribution in [2.75, 3.05) is 39.3 Å². The van der Waals surface area contributed by atoms with E-state index in [-0.39, 0.29) is 11.8 Å². The molecule has 0 aliphatic carbocycles. The Kier molecular flexibility index (Phi) is 5.32. The predicted molar refractivity (Wildman–Crippen MR) is 78.9 cm³/mol. The van der Waals surface area contributed by atoms with Crippen LogP contribution in [-0.2, 0) is 11.8 Å². The summed E-state index contributed by atoms with van der Waals surface area (Å²) in [5.41, 5.74) is 0.604. The van der Waals surface area contributed by atoms with Crippen LogP contribution in [0.15, 0.2) is 12.3 Å². The number of hydrogen-bond donors (Lipinski definition) is 1. The van der Waals surface area contributed by atoms with E-state index in [0.717, 1.165) is 26.1 Å². The normalized spacial score (nSPS) is 16.6. The molecule has 0 unspecified atom stereocenters. The number of amides is 2. The van der Waals surface area contributed by atoms with Crippen molar-refractivity contribution in [3.05, 3.63) is 18.0 Å². The van der Waals surface area contributed by atoms with Crippen molar-refractivity contribution in [1.82, 2.24) is 24.9 Å². The zero-order chi connectivity index (χ0) is 15.2. The maximum Gasteiger partial charge on any atom is 0.272 e. The lowest BCUT2D eigenvalue weighted by Gasteiger charge is -2.21. The number of aromatic nitrogens is 2. The van der Waals surface area contributed by atoms with Crippen LogP contribution in [0.1, 0.15) is 23.8 Å². The number of hydrogen-bond acceptors (Lipinski definition) is 4. The molecule has 2 heterocycles. The SMILES string of the molecule is CCNC(=O)CN1CCCN(C(=O)c2ccnn2C)CC1. The van der Waals surface area contributed by atoms with E-state index in [1.807, 2.05) is 11.8 Å². The number of carbonyl (C=O) groups is 2. The zero-order valence-electron chi connectivity index (χ0n) is 12.7. The van der Waals surface area contributed by atoms with Crippen LogP contribution in [-0.4, -0.2) is 70.7 Å². The van der Waals surface area contributed by atoms with Gasteiger partial charge in [0.1, 0.15) is 5.69 Å². The van der Waals surface area contributed by atoms with Gasteiger partial charge in [-0.25, -0.2) is 0 Å². The first kappa shape index (κ1) is 15.5. The quantitative estimate of drug-likeness (QED) is 0.828. The molecule has 0 saturated carbocycles. The molecule has 1 fully saturated rings.